The quantitative estimate of drug-likeness (QED) is 0.340. The molecular formula is C20H13F9N3O+. The van der Waals surface area contributed by atoms with Crippen LogP contribution in [0.5, 0.6) is 5.75 Å². The first kappa shape index (κ1) is 24.3. The molecular weight excluding hydrogens is 469 g/mol. The van der Waals surface area contributed by atoms with Gasteiger partial charge in [0.05, 0.1) is 10.7 Å². The number of fused-ring (bicyclic) bond motifs is 1. The highest BCUT2D eigenvalue weighted by atomic mass is 19.4. The summed E-state index contributed by atoms with van der Waals surface area (Å²) in [6.45, 7) is -2.84. The molecule has 0 saturated carbocycles. The third kappa shape index (κ3) is 3.97. The SMILES string of the molecule is N=C=N[n+]1ccccc1C1=CC(CF)(CF)Oc2ccc(C(F)(F)C(F)(F)C(F)(F)F)cc21. The van der Waals surface area contributed by atoms with Crippen LogP contribution in [-0.2, 0) is 5.92 Å². The lowest BCUT2D eigenvalue weighted by atomic mass is 9.89. The number of halogens is 9. The Hall–Kier alpha value is -3.34. The first-order valence-corrected chi connectivity index (χ1v) is 8.98. The maximum absolute atomic E-state index is 14.3. The number of aromatic nitrogens is 1. The van der Waals surface area contributed by atoms with Crippen LogP contribution in [0.2, 0.25) is 0 Å². The van der Waals surface area contributed by atoms with Crippen molar-refractivity contribution in [2.45, 2.75) is 23.6 Å². The predicted molar refractivity (Wildman–Crippen MR) is 95.9 cm³/mol. The number of ether oxygens (including phenoxy) is 1. The monoisotopic (exact) mass is 482 g/mol. The van der Waals surface area contributed by atoms with E-state index < -0.39 is 53.8 Å². The lowest BCUT2D eigenvalue weighted by molar-refractivity contribution is -0.680. The van der Waals surface area contributed by atoms with Crippen LogP contribution >= 0.6 is 0 Å². The summed E-state index contributed by atoms with van der Waals surface area (Å²) in [7, 11) is 0. The molecule has 0 unspecified atom stereocenters. The lowest BCUT2D eigenvalue weighted by Gasteiger charge is -2.33. The smallest absolute Gasteiger partial charge is 0.460 e. The summed E-state index contributed by atoms with van der Waals surface area (Å²) >= 11 is 0. The minimum absolute atomic E-state index is 0.0591. The Balaban J connectivity index is 2.29. The van der Waals surface area contributed by atoms with Crippen LogP contribution in [0.15, 0.2) is 53.8 Å². The molecule has 0 bridgehead atoms. The largest absolute Gasteiger partial charge is 0.477 e. The molecule has 33 heavy (non-hydrogen) atoms. The molecule has 0 atom stereocenters. The molecule has 1 N–H and O–H groups in total. The van der Waals surface area contributed by atoms with E-state index in [9.17, 15) is 39.5 Å². The molecule has 176 valence electrons. The van der Waals surface area contributed by atoms with Gasteiger partial charge in [-0.1, -0.05) is 0 Å². The molecule has 0 amide bonds. The van der Waals surface area contributed by atoms with Gasteiger partial charge in [-0.05, 0) is 35.0 Å². The highest BCUT2D eigenvalue weighted by molar-refractivity contribution is 5.82. The second kappa shape index (κ2) is 8.22. The molecule has 1 aromatic heterocycles. The van der Waals surface area contributed by atoms with E-state index >= 15 is 0 Å². The van der Waals surface area contributed by atoms with Crippen LogP contribution in [0.1, 0.15) is 16.8 Å². The van der Waals surface area contributed by atoms with Gasteiger partial charge in [0.1, 0.15) is 19.1 Å². The zero-order valence-corrected chi connectivity index (χ0v) is 16.2. The van der Waals surface area contributed by atoms with Gasteiger partial charge in [0, 0.05) is 23.3 Å². The van der Waals surface area contributed by atoms with Crippen molar-refractivity contribution >= 4 is 11.6 Å². The summed E-state index contributed by atoms with van der Waals surface area (Å²) in [5.74, 6) is -12.5. The van der Waals surface area contributed by atoms with Gasteiger partial charge < -0.3 is 4.74 Å². The Kier molecular flexibility index (Phi) is 6.05. The molecule has 3 rings (SSSR count). The van der Waals surface area contributed by atoms with E-state index in [1.54, 1.807) is 6.01 Å². The van der Waals surface area contributed by atoms with Crippen molar-refractivity contribution in [2.75, 3.05) is 13.3 Å². The van der Waals surface area contributed by atoms with Crippen LogP contribution < -0.4 is 9.41 Å². The zero-order valence-electron chi connectivity index (χ0n) is 16.2. The molecule has 1 aromatic carbocycles. The van der Waals surface area contributed by atoms with Crippen LogP contribution in [0, 0.1) is 5.41 Å². The minimum Gasteiger partial charge on any atom is -0.477 e. The van der Waals surface area contributed by atoms with Crippen molar-refractivity contribution in [2.24, 2.45) is 5.10 Å². The van der Waals surface area contributed by atoms with Gasteiger partial charge in [-0.25, -0.2) is 14.2 Å². The molecule has 0 saturated heterocycles. The maximum Gasteiger partial charge on any atom is 0.460 e. The van der Waals surface area contributed by atoms with E-state index in [1.165, 1.54) is 24.4 Å². The average molecular weight is 482 g/mol. The fraction of sp³-hybridized carbons (Fsp3) is 0.300. The highest BCUT2D eigenvalue weighted by Crippen LogP contribution is 2.53. The fourth-order valence-corrected chi connectivity index (χ4v) is 3.14. The maximum atomic E-state index is 14.3. The fourth-order valence-electron chi connectivity index (χ4n) is 3.14. The van der Waals surface area contributed by atoms with Gasteiger partial charge >= 0.3 is 18.0 Å². The van der Waals surface area contributed by atoms with Crippen molar-refractivity contribution in [1.82, 2.24) is 0 Å². The number of alkyl halides is 9. The zero-order chi connectivity index (χ0) is 24.7. The van der Waals surface area contributed by atoms with E-state index in [-0.39, 0.29) is 17.3 Å². The molecule has 0 radical (unpaired) electrons. The number of rotatable bonds is 6. The third-order valence-corrected chi connectivity index (χ3v) is 4.83. The first-order chi connectivity index (χ1) is 15.3. The Labute approximate surface area is 180 Å². The Morgan fingerprint density at radius 3 is 2.24 bits per heavy atom. The molecule has 4 nitrogen and oxygen atoms in total. The number of benzene rings is 1. The molecule has 2 aromatic rings. The topological polar surface area (TPSA) is 49.3 Å². The van der Waals surface area contributed by atoms with Crippen molar-refractivity contribution in [3.8, 4) is 5.75 Å². The number of nitrogens with one attached hydrogen (secondary N) is 1. The summed E-state index contributed by atoms with van der Waals surface area (Å²) in [5, 5.41) is 10.5. The second-order valence-corrected chi connectivity index (χ2v) is 6.99. The molecule has 1 aliphatic heterocycles. The highest BCUT2D eigenvalue weighted by Gasteiger charge is 2.73. The summed E-state index contributed by atoms with van der Waals surface area (Å²) in [6, 6.07) is 7.04. The minimum atomic E-state index is -6.56. The normalized spacial score (nSPS) is 15.7. The Morgan fingerprint density at radius 2 is 1.67 bits per heavy atom. The Morgan fingerprint density at radius 1 is 1.00 bits per heavy atom. The third-order valence-electron chi connectivity index (χ3n) is 4.83. The van der Waals surface area contributed by atoms with Gasteiger partial charge in [0.2, 0.25) is 11.9 Å². The van der Waals surface area contributed by atoms with Crippen molar-refractivity contribution in [3.63, 3.8) is 0 Å². The van der Waals surface area contributed by atoms with E-state index in [2.05, 4.69) is 5.10 Å². The summed E-state index contributed by atoms with van der Waals surface area (Å²) in [6.07, 6.45) is -4.44. The van der Waals surface area contributed by atoms with Gasteiger partial charge in [-0.15, -0.1) is 0 Å². The average Bonchev–Trinajstić information content (AvgIpc) is 2.77. The number of hydrogen-bond acceptors (Lipinski definition) is 3. The second-order valence-electron chi connectivity index (χ2n) is 6.99. The lowest BCUT2D eigenvalue weighted by Crippen LogP contribution is -2.50. The summed E-state index contributed by atoms with van der Waals surface area (Å²) in [5.41, 5.74) is -4.67. The van der Waals surface area contributed by atoms with Crippen molar-refractivity contribution < 1.29 is 48.9 Å². The molecule has 13 heteroatoms. The van der Waals surface area contributed by atoms with E-state index in [0.29, 0.717) is 12.1 Å². The first-order valence-electron chi connectivity index (χ1n) is 8.98. The molecule has 0 spiro atoms. The van der Waals surface area contributed by atoms with Crippen molar-refractivity contribution in [1.29, 1.82) is 5.41 Å². The van der Waals surface area contributed by atoms with Crippen LogP contribution in [0.3, 0.4) is 0 Å². The summed E-state index contributed by atoms with van der Waals surface area (Å²) < 4.78 is 127. The van der Waals surface area contributed by atoms with Crippen molar-refractivity contribution in [3.05, 3.63) is 65.5 Å². The number of hydrogen-bond donors (Lipinski definition) is 1. The molecule has 0 aliphatic carbocycles. The predicted octanol–water partition coefficient (Wildman–Crippen LogP) is 5.28. The van der Waals surface area contributed by atoms with E-state index in [0.717, 1.165) is 10.8 Å². The van der Waals surface area contributed by atoms with E-state index in [4.69, 9.17) is 10.1 Å². The van der Waals surface area contributed by atoms with E-state index in [1.807, 2.05) is 0 Å². The summed E-state index contributed by atoms with van der Waals surface area (Å²) in [4.78, 5) is 0. The standard InChI is InChI=1S/C20H13F9N3O/c21-9-17(10-22)8-14(15-3-1-2-6-32(15)31-11-30)13-7-12(4-5-16(13)33-17)18(23,24)19(25,26)20(27,28)29/h1-8,30H,9-10H2/q+1. The number of nitrogens with zero attached hydrogens (tertiary/aromatic N) is 2. The van der Waals surface area contributed by atoms with Gasteiger partial charge in [0.25, 0.3) is 0 Å². The van der Waals surface area contributed by atoms with Crippen LogP contribution in [0.25, 0.3) is 5.57 Å². The van der Waals surface area contributed by atoms with Gasteiger partial charge in [-0.3, -0.25) is 0 Å². The van der Waals surface area contributed by atoms with Crippen LogP contribution in [-0.4, -0.2) is 37.1 Å². The Bertz CT molecular complexity index is 1130. The number of pyridine rings is 1. The van der Waals surface area contributed by atoms with Gasteiger partial charge in [0.15, 0.2) is 11.6 Å². The molecule has 1 aliphatic rings. The molecule has 0 fully saturated rings. The van der Waals surface area contributed by atoms with Gasteiger partial charge in [-0.2, -0.15) is 30.7 Å². The van der Waals surface area contributed by atoms with Crippen LogP contribution in [0.4, 0.5) is 39.5 Å². The molecule has 2 heterocycles.